The molecule has 0 spiro atoms. The standard InChI is InChI=1S/C21H20ClN5OS/c1-13-16(12-14-11-15(22)6-7-17(14)23-13)21(28)24-18(8-10-29-2)20-26-25-19-5-3-4-9-27(19)20/h3-7,9,11-12,18H,8,10H2,1-2H3,(H,24,28). The summed E-state index contributed by atoms with van der Waals surface area (Å²) < 4.78 is 1.91. The van der Waals surface area contributed by atoms with E-state index in [0.29, 0.717) is 16.3 Å². The van der Waals surface area contributed by atoms with Crippen LogP contribution in [-0.2, 0) is 0 Å². The summed E-state index contributed by atoms with van der Waals surface area (Å²) in [6, 6.07) is 12.8. The Morgan fingerprint density at radius 3 is 2.93 bits per heavy atom. The van der Waals surface area contributed by atoms with Gasteiger partial charge in [0.05, 0.1) is 22.8 Å². The Labute approximate surface area is 177 Å². The van der Waals surface area contributed by atoms with Crippen molar-refractivity contribution in [2.45, 2.75) is 19.4 Å². The maximum atomic E-state index is 13.2. The summed E-state index contributed by atoms with van der Waals surface area (Å²) in [5.74, 6) is 1.42. The van der Waals surface area contributed by atoms with Crippen molar-refractivity contribution in [2.24, 2.45) is 0 Å². The van der Waals surface area contributed by atoms with Gasteiger partial charge in [0, 0.05) is 16.6 Å². The minimum Gasteiger partial charge on any atom is -0.342 e. The van der Waals surface area contributed by atoms with Gasteiger partial charge in [0.15, 0.2) is 11.5 Å². The van der Waals surface area contributed by atoms with Crippen LogP contribution in [0.1, 0.15) is 34.3 Å². The highest BCUT2D eigenvalue weighted by Gasteiger charge is 2.22. The van der Waals surface area contributed by atoms with Crippen LogP contribution >= 0.6 is 23.4 Å². The molecule has 148 valence electrons. The number of thioether (sulfide) groups is 1. The van der Waals surface area contributed by atoms with E-state index in [-0.39, 0.29) is 11.9 Å². The molecular weight excluding hydrogens is 406 g/mol. The SMILES string of the molecule is CSCCC(NC(=O)c1cc2cc(Cl)ccc2nc1C)c1nnc2ccccn12. The third-order valence-electron chi connectivity index (χ3n) is 4.78. The van der Waals surface area contributed by atoms with Crippen LogP contribution in [0.25, 0.3) is 16.6 Å². The second kappa shape index (κ2) is 8.39. The van der Waals surface area contributed by atoms with E-state index in [1.54, 1.807) is 17.8 Å². The van der Waals surface area contributed by atoms with E-state index in [2.05, 4.69) is 20.5 Å². The lowest BCUT2D eigenvalue weighted by Crippen LogP contribution is -2.31. The first-order valence-electron chi connectivity index (χ1n) is 9.23. The van der Waals surface area contributed by atoms with Crippen LogP contribution in [0.3, 0.4) is 0 Å². The van der Waals surface area contributed by atoms with Crippen molar-refractivity contribution in [3.8, 4) is 0 Å². The molecule has 0 bridgehead atoms. The Morgan fingerprint density at radius 1 is 1.24 bits per heavy atom. The van der Waals surface area contributed by atoms with Crippen molar-refractivity contribution in [3.05, 3.63) is 70.8 Å². The van der Waals surface area contributed by atoms with Gasteiger partial charge in [-0.05, 0) is 61.8 Å². The molecular formula is C21H20ClN5OS. The van der Waals surface area contributed by atoms with Gasteiger partial charge in [0.1, 0.15) is 0 Å². The first kappa shape index (κ1) is 19.7. The Morgan fingerprint density at radius 2 is 2.10 bits per heavy atom. The number of nitrogens with zero attached hydrogens (tertiary/aromatic N) is 4. The number of halogens is 1. The molecule has 0 fully saturated rings. The van der Waals surface area contributed by atoms with Crippen LogP contribution in [-0.4, -0.2) is 37.5 Å². The fraction of sp³-hybridized carbons (Fsp3) is 0.238. The molecule has 1 N–H and O–H groups in total. The number of hydrogen-bond acceptors (Lipinski definition) is 5. The van der Waals surface area contributed by atoms with Crippen LogP contribution in [0.2, 0.25) is 5.02 Å². The summed E-state index contributed by atoms with van der Waals surface area (Å²) in [6.07, 6.45) is 4.70. The molecule has 0 saturated carbocycles. The second-order valence-corrected chi connectivity index (χ2v) is 8.17. The van der Waals surface area contributed by atoms with Gasteiger partial charge in [-0.1, -0.05) is 17.7 Å². The smallest absolute Gasteiger partial charge is 0.253 e. The molecule has 6 nitrogen and oxygen atoms in total. The number of nitrogens with one attached hydrogen (secondary N) is 1. The maximum Gasteiger partial charge on any atom is 0.253 e. The van der Waals surface area contributed by atoms with Crippen molar-refractivity contribution < 1.29 is 4.79 Å². The van der Waals surface area contributed by atoms with Gasteiger partial charge in [-0.15, -0.1) is 10.2 Å². The van der Waals surface area contributed by atoms with Crippen molar-refractivity contribution in [1.29, 1.82) is 0 Å². The molecule has 8 heteroatoms. The lowest BCUT2D eigenvalue weighted by molar-refractivity contribution is 0.0933. The van der Waals surface area contributed by atoms with Gasteiger partial charge in [-0.3, -0.25) is 14.2 Å². The molecule has 0 aliphatic rings. The maximum absolute atomic E-state index is 13.2. The van der Waals surface area contributed by atoms with Crippen LogP contribution in [0.5, 0.6) is 0 Å². The number of rotatable bonds is 6. The summed E-state index contributed by atoms with van der Waals surface area (Å²) >= 11 is 7.83. The van der Waals surface area contributed by atoms with Gasteiger partial charge < -0.3 is 5.32 Å². The highest BCUT2D eigenvalue weighted by atomic mass is 35.5. The number of amides is 1. The third kappa shape index (κ3) is 4.06. The number of carbonyl (C=O) groups is 1. The normalized spacial score (nSPS) is 12.4. The lowest BCUT2D eigenvalue weighted by atomic mass is 10.1. The predicted molar refractivity (Wildman–Crippen MR) is 118 cm³/mol. The Hall–Kier alpha value is -2.64. The second-order valence-electron chi connectivity index (χ2n) is 6.75. The highest BCUT2D eigenvalue weighted by molar-refractivity contribution is 7.98. The zero-order valence-electron chi connectivity index (χ0n) is 16.1. The summed E-state index contributed by atoms with van der Waals surface area (Å²) in [5.41, 5.74) is 2.77. The molecule has 4 aromatic rings. The summed E-state index contributed by atoms with van der Waals surface area (Å²) in [4.78, 5) is 17.7. The van der Waals surface area contributed by atoms with Crippen LogP contribution in [0.15, 0.2) is 48.7 Å². The molecule has 0 saturated heterocycles. The summed E-state index contributed by atoms with van der Waals surface area (Å²) in [5, 5.41) is 13.1. The average molecular weight is 426 g/mol. The molecule has 4 rings (SSSR count). The van der Waals surface area contributed by atoms with E-state index < -0.39 is 0 Å². The lowest BCUT2D eigenvalue weighted by Gasteiger charge is -2.18. The Kier molecular flexibility index (Phi) is 5.69. The van der Waals surface area contributed by atoms with E-state index in [4.69, 9.17) is 11.6 Å². The number of pyridine rings is 2. The molecule has 1 unspecified atom stereocenters. The van der Waals surface area contributed by atoms with Crippen LogP contribution < -0.4 is 5.32 Å². The Bertz CT molecular complexity index is 1190. The van der Waals surface area contributed by atoms with Crippen LogP contribution in [0.4, 0.5) is 0 Å². The number of fused-ring (bicyclic) bond motifs is 2. The molecule has 3 heterocycles. The fourth-order valence-electron chi connectivity index (χ4n) is 3.31. The van der Waals surface area contributed by atoms with Gasteiger partial charge in [0.2, 0.25) is 0 Å². The number of benzene rings is 1. The fourth-order valence-corrected chi connectivity index (χ4v) is 3.96. The summed E-state index contributed by atoms with van der Waals surface area (Å²) in [6.45, 7) is 1.84. The minimum absolute atomic E-state index is 0.185. The minimum atomic E-state index is -0.262. The zero-order valence-corrected chi connectivity index (χ0v) is 17.7. The van der Waals surface area contributed by atoms with E-state index >= 15 is 0 Å². The molecule has 1 amide bonds. The largest absolute Gasteiger partial charge is 0.342 e. The van der Waals surface area contributed by atoms with Crippen molar-refractivity contribution in [1.82, 2.24) is 24.9 Å². The van der Waals surface area contributed by atoms with E-state index in [1.807, 2.05) is 60.2 Å². The summed E-state index contributed by atoms with van der Waals surface area (Å²) in [7, 11) is 0. The highest BCUT2D eigenvalue weighted by Crippen LogP contribution is 2.23. The van der Waals surface area contributed by atoms with E-state index in [0.717, 1.165) is 34.5 Å². The molecule has 1 atom stereocenters. The van der Waals surface area contributed by atoms with Gasteiger partial charge in [0.25, 0.3) is 5.91 Å². The number of hydrogen-bond donors (Lipinski definition) is 1. The third-order valence-corrected chi connectivity index (χ3v) is 5.66. The predicted octanol–water partition coefficient (Wildman–Crippen LogP) is 4.46. The first-order valence-corrected chi connectivity index (χ1v) is 11.0. The van der Waals surface area contributed by atoms with Gasteiger partial charge in [-0.2, -0.15) is 11.8 Å². The van der Waals surface area contributed by atoms with Gasteiger partial charge in [-0.25, -0.2) is 0 Å². The molecule has 1 aromatic carbocycles. The molecule has 0 aliphatic carbocycles. The molecule has 0 aliphatic heterocycles. The van der Waals surface area contributed by atoms with Crippen molar-refractivity contribution in [2.75, 3.05) is 12.0 Å². The quantitative estimate of drug-likeness (QED) is 0.493. The van der Waals surface area contributed by atoms with Crippen LogP contribution in [0, 0.1) is 6.92 Å². The first-order chi connectivity index (χ1) is 14.1. The number of aryl methyl sites for hydroxylation is 1. The molecule has 3 aromatic heterocycles. The monoisotopic (exact) mass is 425 g/mol. The van der Waals surface area contributed by atoms with Crippen molar-refractivity contribution in [3.63, 3.8) is 0 Å². The van der Waals surface area contributed by atoms with E-state index in [1.165, 1.54) is 0 Å². The topological polar surface area (TPSA) is 72.2 Å². The number of carbonyl (C=O) groups excluding carboxylic acids is 1. The average Bonchev–Trinajstić information content (AvgIpc) is 3.15. The zero-order chi connectivity index (χ0) is 20.4. The Balaban J connectivity index is 1.68. The van der Waals surface area contributed by atoms with Gasteiger partial charge >= 0.3 is 0 Å². The van der Waals surface area contributed by atoms with Crippen molar-refractivity contribution >= 4 is 45.8 Å². The van der Waals surface area contributed by atoms with E-state index in [9.17, 15) is 4.79 Å². The molecule has 29 heavy (non-hydrogen) atoms. The molecule has 0 radical (unpaired) electrons. The number of aromatic nitrogens is 4.